The Labute approximate surface area is 186 Å². The summed E-state index contributed by atoms with van der Waals surface area (Å²) in [5, 5.41) is 5.45. The highest BCUT2D eigenvalue weighted by molar-refractivity contribution is 7.89. The molecule has 6 nitrogen and oxygen atoms in total. The lowest BCUT2D eigenvalue weighted by molar-refractivity contribution is 0.146. The monoisotopic (exact) mass is 458 g/mol. The van der Waals surface area contributed by atoms with Crippen LogP contribution in [-0.4, -0.2) is 47.6 Å². The molecule has 0 saturated carbocycles. The molecule has 9 heteroatoms. The zero-order valence-electron chi connectivity index (χ0n) is 17.4. The second-order valence-electron chi connectivity index (χ2n) is 7.78. The Morgan fingerprint density at radius 3 is 2.59 bits per heavy atom. The number of halogens is 2. The lowest BCUT2D eigenvalue weighted by Gasteiger charge is -2.32. The minimum Gasteiger partial charge on any atom is -0.382 e. The summed E-state index contributed by atoms with van der Waals surface area (Å²) in [6, 6.07) is 8.92. The SMILES string of the molecule is C=CCS(=O)(=O)N1CCC(Nc2cc(-c3ccc(C(F)F)nc3)cc3ccncc23)CC1. The van der Waals surface area contributed by atoms with E-state index in [0.717, 1.165) is 27.6 Å². The van der Waals surface area contributed by atoms with Crippen LogP contribution >= 0.6 is 0 Å². The predicted molar refractivity (Wildman–Crippen MR) is 122 cm³/mol. The highest BCUT2D eigenvalue weighted by Gasteiger charge is 2.27. The van der Waals surface area contributed by atoms with Crippen LogP contribution in [0.4, 0.5) is 14.5 Å². The molecule has 32 heavy (non-hydrogen) atoms. The third-order valence-corrected chi connectivity index (χ3v) is 7.44. The van der Waals surface area contributed by atoms with Gasteiger partial charge in [-0.1, -0.05) is 12.1 Å². The first-order chi connectivity index (χ1) is 15.4. The number of fused-ring (bicyclic) bond motifs is 1. The summed E-state index contributed by atoms with van der Waals surface area (Å²) in [6.45, 7) is 4.42. The molecule has 1 aliphatic rings. The maximum Gasteiger partial charge on any atom is 0.280 e. The Kier molecular flexibility index (Phi) is 6.48. The van der Waals surface area contributed by atoms with Gasteiger partial charge >= 0.3 is 0 Å². The van der Waals surface area contributed by atoms with Gasteiger partial charge in [0, 0.05) is 54.4 Å². The second kappa shape index (κ2) is 9.30. The van der Waals surface area contributed by atoms with Crippen LogP contribution < -0.4 is 5.32 Å². The maximum atomic E-state index is 12.9. The second-order valence-corrected chi connectivity index (χ2v) is 9.79. The minimum absolute atomic E-state index is 0.0537. The Morgan fingerprint density at radius 1 is 1.16 bits per heavy atom. The van der Waals surface area contributed by atoms with Gasteiger partial charge in [-0.15, -0.1) is 6.58 Å². The molecule has 1 N–H and O–H groups in total. The number of hydrogen-bond donors (Lipinski definition) is 1. The summed E-state index contributed by atoms with van der Waals surface area (Å²) in [5.41, 5.74) is 2.21. The van der Waals surface area contributed by atoms with Crippen molar-refractivity contribution in [3.63, 3.8) is 0 Å². The topological polar surface area (TPSA) is 75.2 Å². The van der Waals surface area contributed by atoms with E-state index in [0.29, 0.717) is 25.9 Å². The Bertz CT molecular complexity index is 1210. The van der Waals surface area contributed by atoms with Crippen LogP contribution in [0.25, 0.3) is 21.9 Å². The summed E-state index contributed by atoms with van der Waals surface area (Å²) >= 11 is 0. The van der Waals surface area contributed by atoms with E-state index in [1.165, 1.54) is 22.6 Å². The Hall–Kier alpha value is -2.91. The molecule has 3 heterocycles. The van der Waals surface area contributed by atoms with Crippen molar-refractivity contribution in [3.05, 3.63) is 67.3 Å². The van der Waals surface area contributed by atoms with Crippen molar-refractivity contribution in [2.24, 2.45) is 0 Å². The van der Waals surface area contributed by atoms with Crippen LogP contribution in [-0.2, 0) is 10.0 Å². The number of anilines is 1. The molecule has 1 aliphatic heterocycles. The third kappa shape index (κ3) is 4.78. The molecule has 1 saturated heterocycles. The van der Waals surface area contributed by atoms with Crippen molar-refractivity contribution >= 4 is 26.5 Å². The van der Waals surface area contributed by atoms with Crippen LogP contribution in [0, 0.1) is 0 Å². The molecule has 4 rings (SSSR count). The standard InChI is InChI=1S/C23H24F2N4O2S/c1-2-11-32(30,31)29-9-6-19(7-10-29)28-22-13-18(12-16-5-8-26-15-20(16)22)17-3-4-21(23(24)25)27-14-17/h2-5,8,12-15,19,23,28H,1,6-7,9-11H2. The Morgan fingerprint density at radius 2 is 1.94 bits per heavy atom. The van der Waals surface area contributed by atoms with Gasteiger partial charge in [0.2, 0.25) is 10.0 Å². The van der Waals surface area contributed by atoms with E-state index in [1.54, 1.807) is 18.5 Å². The average Bonchev–Trinajstić information content (AvgIpc) is 2.79. The van der Waals surface area contributed by atoms with E-state index in [1.807, 2.05) is 18.2 Å². The first-order valence-electron chi connectivity index (χ1n) is 10.3. The van der Waals surface area contributed by atoms with E-state index in [4.69, 9.17) is 0 Å². The molecule has 0 aliphatic carbocycles. The van der Waals surface area contributed by atoms with Crippen LogP contribution in [0.15, 0.2) is 61.6 Å². The van der Waals surface area contributed by atoms with Crippen molar-refractivity contribution in [2.75, 3.05) is 24.2 Å². The first kappa shape index (κ1) is 22.3. The molecule has 168 valence electrons. The normalized spacial score (nSPS) is 15.8. The summed E-state index contributed by atoms with van der Waals surface area (Å²) in [4.78, 5) is 8.11. The fourth-order valence-corrected chi connectivity index (χ4v) is 5.22. The number of pyridine rings is 2. The van der Waals surface area contributed by atoms with Gasteiger partial charge in [-0.05, 0) is 48.1 Å². The van der Waals surface area contributed by atoms with Gasteiger partial charge in [-0.3, -0.25) is 9.97 Å². The molecular weight excluding hydrogens is 434 g/mol. The van der Waals surface area contributed by atoms with E-state index >= 15 is 0 Å². The number of hydrogen-bond acceptors (Lipinski definition) is 5. The number of rotatable bonds is 7. The maximum absolute atomic E-state index is 12.9. The molecular formula is C23H24F2N4O2S. The number of nitrogens with zero attached hydrogens (tertiary/aromatic N) is 3. The van der Waals surface area contributed by atoms with Crippen molar-refractivity contribution in [1.82, 2.24) is 14.3 Å². The molecule has 1 aromatic carbocycles. The van der Waals surface area contributed by atoms with E-state index in [2.05, 4.69) is 21.9 Å². The van der Waals surface area contributed by atoms with Gasteiger partial charge in [0.15, 0.2) is 0 Å². The predicted octanol–water partition coefficient (Wildman–Crippen LogP) is 4.63. The van der Waals surface area contributed by atoms with Crippen LogP contribution in [0.5, 0.6) is 0 Å². The van der Waals surface area contributed by atoms with E-state index < -0.39 is 16.4 Å². The van der Waals surface area contributed by atoms with Crippen molar-refractivity contribution in [3.8, 4) is 11.1 Å². The van der Waals surface area contributed by atoms with Crippen molar-refractivity contribution in [2.45, 2.75) is 25.3 Å². The van der Waals surface area contributed by atoms with Gasteiger partial charge in [0.1, 0.15) is 5.69 Å². The number of alkyl halides is 2. The first-order valence-corrected chi connectivity index (χ1v) is 12.0. The highest BCUT2D eigenvalue weighted by Crippen LogP contribution is 2.32. The van der Waals surface area contributed by atoms with Crippen LogP contribution in [0.2, 0.25) is 0 Å². The summed E-state index contributed by atoms with van der Waals surface area (Å²) in [6.07, 6.45) is 5.09. The smallest absolute Gasteiger partial charge is 0.280 e. The third-order valence-electron chi connectivity index (χ3n) is 5.63. The molecule has 0 spiro atoms. The lowest BCUT2D eigenvalue weighted by Crippen LogP contribution is -2.43. The number of sulfonamides is 1. The van der Waals surface area contributed by atoms with Crippen LogP contribution in [0.3, 0.4) is 0 Å². The van der Waals surface area contributed by atoms with Gasteiger partial charge in [-0.2, -0.15) is 0 Å². The van der Waals surface area contributed by atoms with Gasteiger partial charge in [-0.25, -0.2) is 21.5 Å². The van der Waals surface area contributed by atoms with Crippen molar-refractivity contribution in [1.29, 1.82) is 0 Å². The minimum atomic E-state index is -3.30. The fraction of sp³-hybridized carbons (Fsp3) is 0.304. The molecule has 0 bridgehead atoms. The number of piperidine rings is 1. The number of nitrogens with one attached hydrogen (secondary N) is 1. The molecule has 0 unspecified atom stereocenters. The average molecular weight is 459 g/mol. The summed E-state index contributed by atoms with van der Waals surface area (Å²) in [5.74, 6) is -0.0537. The van der Waals surface area contributed by atoms with E-state index in [-0.39, 0.29) is 17.5 Å². The van der Waals surface area contributed by atoms with Gasteiger partial charge in [0.25, 0.3) is 6.43 Å². The number of benzene rings is 1. The van der Waals surface area contributed by atoms with Crippen molar-refractivity contribution < 1.29 is 17.2 Å². The summed E-state index contributed by atoms with van der Waals surface area (Å²) < 4.78 is 51.8. The molecule has 2 aromatic heterocycles. The largest absolute Gasteiger partial charge is 0.382 e. The highest BCUT2D eigenvalue weighted by atomic mass is 32.2. The number of aromatic nitrogens is 2. The molecule has 3 aromatic rings. The van der Waals surface area contributed by atoms with Gasteiger partial charge in [0.05, 0.1) is 5.75 Å². The van der Waals surface area contributed by atoms with Crippen LogP contribution in [0.1, 0.15) is 25.0 Å². The quantitative estimate of drug-likeness (QED) is 0.523. The van der Waals surface area contributed by atoms with Gasteiger partial charge < -0.3 is 5.32 Å². The summed E-state index contributed by atoms with van der Waals surface area (Å²) in [7, 11) is -3.30. The molecule has 0 atom stereocenters. The lowest BCUT2D eigenvalue weighted by atomic mass is 10.00. The fourth-order valence-electron chi connectivity index (χ4n) is 3.94. The van der Waals surface area contributed by atoms with E-state index in [9.17, 15) is 17.2 Å². The molecule has 0 amide bonds. The zero-order valence-corrected chi connectivity index (χ0v) is 18.2. The molecule has 1 fully saturated rings. The zero-order chi connectivity index (χ0) is 22.7. The Balaban J connectivity index is 1.58. The molecule has 0 radical (unpaired) electrons.